The van der Waals surface area contributed by atoms with Crippen molar-refractivity contribution in [2.75, 3.05) is 7.05 Å². The van der Waals surface area contributed by atoms with Crippen molar-refractivity contribution in [2.45, 2.75) is 25.8 Å². The number of aromatic nitrogens is 1. The summed E-state index contributed by atoms with van der Waals surface area (Å²) in [5, 5.41) is 6.41. The van der Waals surface area contributed by atoms with Gasteiger partial charge in [0.05, 0.1) is 16.7 Å². The Morgan fingerprint density at radius 3 is 3.00 bits per heavy atom. The fourth-order valence-electron chi connectivity index (χ4n) is 1.21. The molecule has 0 aliphatic carbocycles. The second-order valence-corrected chi connectivity index (χ2v) is 3.94. The number of terminal acetylenes is 1. The summed E-state index contributed by atoms with van der Waals surface area (Å²) in [6.07, 6.45) is 6.97. The summed E-state index contributed by atoms with van der Waals surface area (Å²) in [4.78, 5) is 4.42. The molecule has 0 bridgehead atoms. The van der Waals surface area contributed by atoms with Crippen molar-refractivity contribution in [3.05, 3.63) is 16.1 Å². The summed E-state index contributed by atoms with van der Waals surface area (Å²) in [7, 11) is 1.94. The highest BCUT2D eigenvalue weighted by atomic mass is 32.1. The molecular weight excluding hydrogens is 180 g/mol. The first-order valence-electron chi connectivity index (χ1n) is 4.30. The Morgan fingerprint density at radius 1 is 1.77 bits per heavy atom. The molecule has 70 valence electrons. The zero-order valence-electron chi connectivity index (χ0n) is 8.00. The van der Waals surface area contributed by atoms with Crippen LogP contribution in [0.3, 0.4) is 0 Å². The Morgan fingerprint density at radius 2 is 2.54 bits per heavy atom. The minimum absolute atomic E-state index is 0.306. The van der Waals surface area contributed by atoms with E-state index in [1.54, 1.807) is 11.3 Å². The highest BCUT2D eigenvalue weighted by Crippen LogP contribution is 2.19. The Hall–Kier alpha value is -0.850. The molecular formula is C10H14N2S. The van der Waals surface area contributed by atoms with Crippen LogP contribution in [-0.4, -0.2) is 12.0 Å². The summed E-state index contributed by atoms with van der Waals surface area (Å²) in [5.41, 5.74) is 1.11. The Balaban J connectivity index is 2.62. The predicted molar refractivity (Wildman–Crippen MR) is 56.7 cm³/mol. The van der Waals surface area contributed by atoms with Gasteiger partial charge in [-0.05, 0) is 20.4 Å². The van der Waals surface area contributed by atoms with Gasteiger partial charge in [0.25, 0.3) is 0 Å². The molecule has 2 nitrogen and oxygen atoms in total. The minimum atomic E-state index is 0.306. The van der Waals surface area contributed by atoms with E-state index in [0.717, 1.165) is 23.5 Å². The Kier molecular flexibility index (Phi) is 3.94. The molecule has 1 aromatic heterocycles. The lowest BCUT2D eigenvalue weighted by Gasteiger charge is -2.11. The van der Waals surface area contributed by atoms with Gasteiger partial charge in [0.2, 0.25) is 0 Å². The largest absolute Gasteiger partial charge is 0.312 e. The van der Waals surface area contributed by atoms with Crippen molar-refractivity contribution in [2.24, 2.45) is 0 Å². The lowest BCUT2D eigenvalue weighted by Crippen LogP contribution is -2.16. The SMILES string of the molecule is C#CCCC(NC)c1csc(C)n1. The monoisotopic (exact) mass is 194 g/mol. The van der Waals surface area contributed by atoms with Crippen molar-refractivity contribution in [1.29, 1.82) is 0 Å². The van der Waals surface area contributed by atoms with Gasteiger partial charge < -0.3 is 5.32 Å². The molecule has 1 unspecified atom stereocenters. The van der Waals surface area contributed by atoms with E-state index in [1.165, 1.54) is 0 Å². The fourth-order valence-corrected chi connectivity index (χ4v) is 1.87. The zero-order chi connectivity index (χ0) is 9.68. The summed E-state index contributed by atoms with van der Waals surface area (Å²) in [5.74, 6) is 2.64. The second kappa shape index (κ2) is 5.00. The predicted octanol–water partition coefficient (Wildman–Crippen LogP) is 2.13. The second-order valence-electron chi connectivity index (χ2n) is 2.88. The Labute approximate surface area is 83.4 Å². The van der Waals surface area contributed by atoms with Crippen molar-refractivity contribution in [1.82, 2.24) is 10.3 Å². The molecule has 0 aliphatic heterocycles. The summed E-state index contributed by atoms with van der Waals surface area (Å²) in [6.45, 7) is 2.02. The van der Waals surface area contributed by atoms with Gasteiger partial charge in [0, 0.05) is 11.8 Å². The lowest BCUT2D eigenvalue weighted by molar-refractivity contribution is 0.546. The Bertz CT molecular complexity index is 298. The fraction of sp³-hybridized carbons (Fsp3) is 0.500. The van der Waals surface area contributed by atoms with Gasteiger partial charge in [-0.15, -0.1) is 23.7 Å². The topological polar surface area (TPSA) is 24.9 Å². The number of nitrogens with zero attached hydrogens (tertiary/aromatic N) is 1. The van der Waals surface area contributed by atoms with Gasteiger partial charge in [-0.2, -0.15) is 0 Å². The molecule has 13 heavy (non-hydrogen) atoms. The zero-order valence-corrected chi connectivity index (χ0v) is 8.82. The standard InChI is InChI=1S/C10H14N2S/c1-4-5-6-9(11-3)10-7-13-8(2)12-10/h1,7,9,11H,5-6H2,2-3H3. The van der Waals surface area contributed by atoms with Crippen molar-refractivity contribution >= 4 is 11.3 Å². The molecule has 0 aromatic carbocycles. The third-order valence-corrected chi connectivity index (χ3v) is 2.71. The van der Waals surface area contributed by atoms with Crippen LogP contribution in [0.15, 0.2) is 5.38 Å². The minimum Gasteiger partial charge on any atom is -0.312 e. The van der Waals surface area contributed by atoms with Crippen LogP contribution in [0.2, 0.25) is 0 Å². The summed E-state index contributed by atoms with van der Waals surface area (Å²) < 4.78 is 0. The number of hydrogen-bond acceptors (Lipinski definition) is 3. The van der Waals surface area contributed by atoms with Crippen molar-refractivity contribution in [3.63, 3.8) is 0 Å². The average Bonchev–Trinajstić information content (AvgIpc) is 2.54. The van der Waals surface area contributed by atoms with Gasteiger partial charge in [-0.3, -0.25) is 0 Å². The maximum Gasteiger partial charge on any atom is 0.0898 e. The molecule has 1 aromatic rings. The highest BCUT2D eigenvalue weighted by molar-refractivity contribution is 7.09. The summed E-state index contributed by atoms with van der Waals surface area (Å²) in [6, 6.07) is 0.306. The van der Waals surface area contributed by atoms with E-state index in [1.807, 2.05) is 14.0 Å². The molecule has 0 spiro atoms. The molecule has 1 atom stereocenters. The smallest absolute Gasteiger partial charge is 0.0898 e. The van der Waals surface area contributed by atoms with Crippen LogP contribution < -0.4 is 5.32 Å². The van der Waals surface area contributed by atoms with E-state index in [-0.39, 0.29) is 0 Å². The van der Waals surface area contributed by atoms with Gasteiger partial charge in [0.1, 0.15) is 0 Å². The highest BCUT2D eigenvalue weighted by Gasteiger charge is 2.10. The van der Waals surface area contributed by atoms with Crippen LogP contribution in [0.4, 0.5) is 0 Å². The molecule has 1 heterocycles. The molecule has 1 rings (SSSR count). The van der Waals surface area contributed by atoms with Gasteiger partial charge >= 0.3 is 0 Å². The van der Waals surface area contributed by atoms with Gasteiger partial charge in [0.15, 0.2) is 0 Å². The maximum absolute atomic E-state index is 5.22. The van der Waals surface area contributed by atoms with E-state index < -0.39 is 0 Å². The molecule has 0 aliphatic rings. The van der Waals surface area contributed by atoms with E-state index in [0.29, 0.717) is 6.04 Å². The average molecular weight is 194 g/mol. The maximum atomic E-state index is 5.22. The van der Waals surface area contributed by atoms with E-state index in [9.17, 15) is 0 Å². The first-order chi connectivity index (χ1) is 6.27. The van der Waals surface area contributed by atoms with Crippen LogP contribution in [0.1, 0.15) is 29.6 Å². The normalized spacial score (nSPS) is 12.4. The quantitative estimate of drug-likeness (QED) is 0.743. The summed E-state index contributed by atoms with van der Waals surface area (Å²) >= 11 is 1.68. The lowest BCUT2D eigenvalue weighted by atomic mass is 10.1. The number of hydrogen-bond donors (Lipinski definition) is 1. The van der Waals surface area contributed by atoms with Crippen molar-refractivity contribution < 1.29 is 0 Å². The number of rotatable bonds is 4. The third-order valence-electron chi connectivity index (χ3n) is 1.92. The molecule has 0 amide bonds. The van der Waals surface area contributed by atoms with Crippen LogP contribution in [0.5, 0.6) is 0 Å². The molecule has 0 saturated carbocycles. The first kappa shape index (κ1) is 10.2. The van der Waals surface area contributed by atoms with Crippen LogP contribution in [0, 0.1) is 19.3 Å². The van der Waals surface area contributed by atoms with Crippen LogP contribution >= 0.6 is 11.3 Å². The molecule has 0 saturated heterocycles. The molecule has 0 radical (unpaired) electrons. The molecule has 0 fully saturated rings. The number of nitrogens with one attached hydrogen (secondary N) is 1. The molecule has 1 N–H and O–H groups in total. The molecule has 3 heteroatoms. The van der Waals surface area contributed by atoms with Crippen LogP contribution in [-0.2, 0) is 0 Å². The van der Waals surface area contributed by atoms with Gasteiger partial charge in [-0.1, -0.05) is 0 Å². The number of thiazole rings is 1. The number of aryl methyl sites for hydroxylation is 1. The van der Waals surface area contributed by atoms with E-state index >= 15 is 0 Å². The van der Waals surface area contributed by atoms with Gasteiger partial charge in [-0.25, -0.2) is 4.98 Å². The van der Waals surface area contributed by atoms with E-state index in [2.05, 4.69) is 21.6 Å². The van der Waals surface area contributed by atoms with E-state index in [4.69, 9.17) is 6.42 Å². The third kappa shape index (κ3) is 2.83. The van der Waals surface area contributed by atoms with Crippen molar-refractivity contribution in [3.8, 4) is 12.3 Å². The van der Waals surface area contributed by atoms with Crippen LogP contribution in [0.25, 0.3) is 0 Å². The first-order valence-corrected chi connectivity index (χ1v) is 5.18.